The molecule has 0 saturated carbocycles. The number of piperazine rings is 1. The van der Waals surface area contributed by atoms with Crippen molar-refractivity contribution in [3.63, 3.8) is 0 Å². The van der Waals surface area contributed by atoms with Crippen molar-refractivity contribution in [3.8, 4) is 0 Å². The summed E-state index contributed by atoms with van der Waals surface area (Å²) in [6, 6.07) is 0. The fraction of sp³-hybridized carbons (Fsp3) is 1.00. The van der Waals surface area contributed by atoms with Crippen LogP contribution in [0.1, 0.15) is 13.8 Å². The highest BCUT2D eigenvalue weighted by atomic mass is 15.3. The van der Waals surface area contributed by atoms with Crippen molar-refractivity contribution >= 4 is 0 Å². The standard InChI is InChI=1S/C11H23N3/c1-3-13-4-6-14(7-5-13)10-11(2)8-12-9-11/h12H,3-10H2,1-2H3. The van der Waals surface area contributed by atoms with Crippen molar-refractivity contribution in [1.29, 1.82) is 0 Å². The minimum Gasteiger partial charge on any atom is -0.315 e. The third-order valence-electron chi connectivity index (χ3n) is 3.62. The molecule has 3 heteroatoms. The summed E-state index contributed by atoms with van der Waals surface area (Å²) in [5, 5.41) is 3.37. The van der Waals surface area contributed by atoms with Gasteiger partial charge in [0.05, 0.1) is 0 Å². The van der Waals surface area contributed by atoms with Crippen LogP contribution in [0.2, 0.25) is 0 Å². The van der Waals surface area contributed by atoms with Crippen LogP contribution in [-0.2, 0) is 0 Å². The van der Waals surface area contributed by atoms with E-state index in [2.05, 4.69) is 29.0 Å². The molecule has 2 heterocycles. The summed E-state index contributed by atoms with van der Waals surface area (Å²) < 4.78 is 0. The van der Waals surface area contributed by atoms with Crippen LogP contribution in [0.25, 0.3) is 0 Å². The highest BCUT2D eigenvalue weighted by molar-refractivity contribution is 4.91. The maximum Gasteiger partial charge on any atom is 0.0110 e. The van der Waals surface area contributed by atoms with Crippen LogP contribution in [0.3, 0.4) is 0 Å². The van der Waals surface area contributed by atoms with Crippen LogP contribution in [0.15, 0.2) is 0 Å². The highest BCUT2D eigenvalue weighted by Gasteiger charge is 2.33. The number of nitrogens with one attached hydrogen (secondary N) is 1. The summed E-state index contributed by atoms with van der Waals surface area (Å²) in [5.74, 6) is 0. The lowest BCUT2D eigenvalue weighted by Crippen LogP contribution is -2.59. The Morgan fingerprint density at radius 1 is 1.07 bits per heavy atom. The first-order chi connectivity index (χ1) is 6.72. The Balaban J connectivity index is 1.73. The summed E-state index contributed by atoms with van der Waals surface area (Å²) in [5.41, 5.74) is 0.564. The zero-order chi connectivity index (χ0) is 10.0. The van der Waals surface area contributed by atoms with Gasteiger partial charge in [0.25, 0.3) is 0 Å². The second-order valence-corrected chi connectivity index (χ2v) is 5.12. The molecule has 2 fully saturated rings. The zero-order valence-electron chi connectivity index (χ0n) is 9.55. The third kappa shape index (κ3) is 2.27. The number of hydrogen-bond acceptors (Lipinski definition) is 3. The topological polar surface area (TPSA) is 18.5 Å². The lowest BCUT2D eigenvalue weighted by Gasteiger charge is -2.45. The van der Waals surface area contributed by atoms with E-state index in [4.69, 9.17) is 0 Å². The highest BCUT2D eigenvalue weighted by Crippen LogP contribution is 2.23. The van der Waals surface area contributed by atoms with Gasteiger partial charge in [-0.1, -0.05) is 13.8 Å². The summed E-state index contributed by atoms with van der Waals surface area (Å²) in [4.78, 5) is 5.17. The quantitative estimate of drug-likeness (QED) is 0.699. The van der Waals surface area contributed by atoms with Gasteiger partial charge in [0, 0.05) is 51.2 Å². The predicted molar refractivity (Wildman–Crippen MR) is 59.5 cm³/mol. The van der Waals surface area contributed by atoms with Crippen molar-refractivity contribution in [2.75, 3.05) is 52.4 Å². The van der Waals surface area contributed by atoms with Gasteiger partial charge >= 0.3 is 0 Å². The average molecular weight is 197 g/mol. The molecule has 1 N–H and O–H groups in total. The molecule has 0 bridgehead atoms. The molecule has 0 radical (unpaired) electrons. The van der Waals surface area contributed by atoms with Crippen molar-refractivity contribution < 1.29 is 0 Å². The molecular weight excluding hydrogens is 174 g/mol. The van der Waals surface area contributed by atoms with Crippen molar-refractivity contribution in [2.45, 2.75) is 13.8 Å². The third-order valence-corrected chi connectivity index (χ3v) is 3.62. The Morgan fingerprint density at radius 3 is 2.07 bits per heavy atom. The van der Waals surface area contributed by atoms with Crippen LogP contribution in [0, 0.1) is 5.41 Å². The molecule has 0 aromatic rings. The Bertz CT molecular complexity index is 181. The van der Waals surface area contributed by atoms with Gasteiger partial charge in [0.1, 0.15) is 0 Å². The van der Waals surface area contributed by atoms with Crippen LogP contribution in [-0.4, -0.2) is 62.2 Å². The monoisotopic (exact) mass is 197 g/mol. The van der Waals surface area contributed by atoms with Crippen LogP contribution >= 0.6 is 0 Å². The predicted octanol–water partition coefficient (Wildman–Crippen LogP) is 0.233. The molecule has 0 atom stereocenters. The SMILES string of the molecule is CCN1CCN(CC2(C)CNC2)CC1. The van der Waals surface area contributed by atoms with Gasteiger partial charge in [-0.3, -0.25) is 0 Å². The van der Waals surface area contributed by atoms with E-state index in [1.807, 2.05) is 0 Å². The number of hydrogen-bond donors (Lipinski definition) is 1. The maximum atomic E-state index is 3.37. The normalized spacial score (nSPS) is 28.7. The molecule has 0 aromatic heterocycles. The molecule has 2 aliphatic rings. The molecule has 0 aliphatic carbocycles. The Kier molecular flexibility index (Phi) is 3.10. The molecule has 3 nitrogen and oxygen atoms in total. The molecule has 0 unspecified atom stereocenters. The molecular formula is C11H23N3. The number of likely N-dealkylation sites (N-methyl/N-ethyl adjacent to an activating group) is 1. The first-order valence-corrected chi connectivity index (χ1v) is 5.87. The minimum atomic E-state index is 0.564. The first kappa shape index (κ1) is 10.4. The van der Waals surface area contributed by atoms with E-state index in [9.17, 15) is 0 Å². The van der Waals surface area contributed by atoms with E-state index in [1.54, 1.807) is 0 Å². The average Bonchev–Trinajstić information content (AvgIpc) is 2.17. The minimum absolute atomic E-state index is 0.564. The van der Waals surface area contributed by atoms with E-state index < -0.39 is 0 Å². The fourth-order valence-corrected chi connectivity index (χ4v) is 2.47. The van der Waals surface area contributed by atoms with Crippen LogP contribution in [0.4, 0.5) is 0 Å². The van der Waals surface area contributed by atoms with Crippen molar-refractivity contribution in [3.05, 3.63) is 0 Å². The summed E-state index contributed by atoms with van der Waals surface area (Å²) in [6.45, 7) is 14.6. The van der Waals surface area contributed by atoms with E-state index in [1.165, 1.54) is 52.4 Å². The zero-order valence-corrected chi connectivity index (χ0v) is 9.55. The number of rotatable bonds is 3. The second kappa shape index (κ2) is 4.17. The van der Waals surface area contributed by atoms with Gasteiger partial charge < -0.3 is 15.1 Å². The molecule has 0 aromatic carbocycles. The Morgan fingerprint density at radius 2 is 1.64 bits per heavy atom. The van der Waals surface area contributed by atoms with E-state index >= 15 is 0 Å². The molecule has 2 saturated heterocycles. The van der Waals surface area contributed by atoms with Crippen molar-refractivity contribution in [2.24, 2.45) is 5.41 Å². The summed E-state index contributed by atoms with van der Waals surface area (Å²) in [6.07, 6.45) is 0. The second-order valence-electron chi connectivity index (χ2n) is 5.12. The van der Waals surface area contributed by atoms with E-state index in [-0.39, 0.29) is 0 Å². The van der Waals surface area contributed by atoms with E-state index in [0.29, 0.717) is 5.41 Å². The molecule has 2 rings (SSSR count). The van der Waals surface area contributed by atoms with Crippen LogP contribution in [0.5, 0.6) is 0 Å². The van der Waals surface area contributed by atoms with Gasteiger partial charge in [-0.2, -0.15) is 0 Å². The molecule has 0 spiro atoms. The first-order valence-electron chi connectivity index (χ1n) is 5.87. The van der Waals surface area contributed by atoms with Gasteiger partial charge in [-0.05, 0) is 6.54 Å². The van der Waals surface area contributed by atoms with Gasteiger partial charge in [-0.15, -0.1) is 0 Å². The molecule has 0 amide bonds. The maximum absolute atomic E-state index is 3.37. The smallest absolute Gasteiger partial charge is 0.0110 e. The molecule has 2 aliphatic heterocycles. The Hall–Kier alpha value is -0.120. The lowest BCUT2D eigenvalue weighted by atomic mass is 9.83. The molecule has 82 valence electrons. The summed E-state index contributed by atoms with van der Waals surface area (Å²) >= 11 is 0. The van der Waals surface area contributed by atoms with Gasteiger partial charge in [0.2, 0.25) is 0 Å². The molecule has 14 heavy (non-hydrogen) atoms. The van der Waals surface area contributed by atoms with Gasteiger partial charge in [0.15, 0.2) is 0 Å². The Labute approximate surface area is 87.4 Å². The largest absolute Gasteiger partial charge is 0.315 e. The number of nitrogens with zero attached hydrogens (tertiary/aromatic N) is 2. The van der Waals surface area contributed by atoms with Gasteiger partial charge in [-0.25, -0.2) is 0 Å². The van der Waals surface area contributed by atoms with Crippen LogP contribution < -0.4 is 5.32 Å². The lowest BCUT2D eigenvalue weighted by molar-refractivity contribution is 0.0668. The van der Waals surface area contributed by atoms with Crippen molar-refractivity contribution in [1.82, 2.24) is 15.1 Å². The van der Waals surface area contributed by atoms with E-state index in [0.717, 1.165) is 0 Å². The summed E-state index contributed by atoms with van der Waals surface area (Å²) in [7, 11) is 0. The fourth-order valence-electron chi connectivity index (χ4n) is 2.47.